The summed E-state index contributed by atoms with van der Waals surface area (Å²) in [5.74, 6) is 0.613. The summed E-state index contributed by atoms with van der Waals surface area (Å²) in [7, 11) is -5.58. The van der Waals surface area contributed by atoms with Crippen LogP contribution in [0.5, 0.6) is 0 Å². The van der Waals surface area contributed by atoms with E-state index in [1.807, 2.05) is 0 Å². The maximum absolute atomic E-state index is 14.6. The minimum Gasteiger partial charge on any atom is -0.414 e. The van der Waals surface area contributed by atoms with E-state index in [1.165, 1.54) is 29.8 Å². The van der Waals surface area contributed by atoms with Crippen molar-refractivity contribution < 1.29 is 17.2 Å². The third kappa shape index (κ3) is 5.21. The Morgan fingerprint density at radius 3 is 2.39 bits per heavy atom. The largest absolute Gasteiger partial charge is 0.414 e. The fourth-order valence-corrected chi connectivity index (χ4v) is 9.57. The first-order valence-electron chi connectivity index (χ1n) is 12.3. The van der Waals surface area contributed by atoms with Gasteiger partial charge < -0.3 is 4.43 Å². The standard InChI is InChI=1S/C25H45FO3SSi/c1-9-31(10-2,11-3)29-22-13-12-18-25(8)20(15-16-21(22)25)19(4)14-17-23(26)30(27,28)24(5,6)7/h15,17,19,21-22H,9-14,16,18H2,1-8H3/b23-17+/t19-,21+,22+,25-/m1/s1. The summed E-state index contributed by atoms with van der Waals surface area (Å²) in [6, 6.07) is 3.51. The van der Waals surface area contributed by atoms with Gasteiger partial charge in [0.25, 0.3) is 0 Å². The van der Waals surface area contributed by atoms with Gasteiger partial charge in [-0.15, -0.1) is 0 Å². The lowest BCUT2D eigenvalue weighted by Gasteiger charge is -2.47. The molecular formula is C25H45FO3SSi. The van der Waals surface area contributed by atoms with Crippen LogP contribution in [0.4, 0.5) is 4.39 Å². The molecule has 0 aliphatic heterocycles. The number of hydrogen-bond acceptors (Lipinski definition) is 3. The van der Waals surface area contributed by atoms with E-state index in [4.69, 9.17) is 4.43 Å². The van der Waals surface area contributed by atoms with Gasteiger partial charge in [-0.25, -0.2) is 8.42 Å². The van der Waals surface area contributed by atoms with E-state index in [2.05, 4.69) is 40.7 Å². The molecule has 1 fully saturated rings. The summed E-state index contributed by atoms with van der Waals surface area (Å²) in [6.45, 7) is 16.0. The normalized spacial score (nSPS) is 28.9. The quantitative estimate of drug-likeness (QED) is 0.257. The molecule has 0 radical (unpaired) electrons. The van der Waals surface area contributed by atoms with E-state index in [0.717, 1.165) is 25.7 Å². The van der Waals surface area contributed by atoms with Crippen LogP contribution in [0.25, 0.3) is 0 Å². The van der Waals surface area contributed by atoms with Gasteiger partial charge in [-0.3, -0.25) is 0 Å². The molecule has 0 aromatic rings. The molecule has 0 bridgehead atoms. The average Bonchev–Trinajstić information content (AvgIpc) is 3.07. The molecule has 3 nitrogen and oxygen atoms in total. The van der Waals surface area contributed by atoms with Crippen LogP contribution < -0.4 is 0 Å². The van der Waals surface area contributed by atoms with Gasteiger partial charge >= 0.3 is 0 Å². The topological polar surface area (TPSA) is 43.4 Å². The second-order valence-electron chi connectivity index (χ2n) is 11.0. The highest BCUT2D eigenvalue weighted by molar-refractivity contribution is 7.96. The Kier molecular flexibility index (Phi) is 8.47. The summed E-state index contributed by atoms with van der Waals surface area (Å²) in [5, 5.41) is -0.985. The second-order valence-corrected chi connectivity index (χ2v) is 18.3. The van der Waals surface area contributed by atoms with Crippen LogP contribution in [0.15, 0.2) is 22.9 Å². The molecule has 31 heavy (non-hydrogen) atoms. The monoisotopic (exact) mass is 472 g/mol. The molecule has 180 valence electrons. The van der Waals surface area contributed by atoms with Crippen molar-refractivity contribution in [1.29, 1.82) is 0 Å². The molecule has 2 aliphatic carbocycles. The number of hydrogen-bond donors (Lipinski definition) is 0. The molecule has 0 saturated heterocycles. The molecule has 4 atom stereocenters. The SMILES string of the molecule is CC[Si](CC)(CC)O[C@H]1CCC[C@]2(C)C([C@H](C)C/C=C(\F)S(=O)(=O)C(C)(C)C)=CC[C@@H]12. The molecule has 2 aliphatic rings. The van der Waals surface area contributed by atoms with Crippen molar-refractivity contribution >= 4 is 18.2 Å². The Balaban J connectivity index is 2.17. The average molecular weight is 473 g/mol. The lowest BCUT2D eigenvalue weighted by Crippen LogP contribution is -2.48. The first-order chi connectivity index (χ1) is 14.3. The zero-order valence-electron chi connectivity index (χ0n) is 21.1. The number of rotatable bonds is 9. The number of sulfone groups is 1. The molecule has 2 rings (SSSR count). The van der Waals surface area contributed by atoms with Crippen LogP contribution in [0.2, 0.25) is 18.1 Å². The minimum absolute atomic E-state index is 0.0743. The predicted molar refractivity (Wildman–Crippen MR) is 132 cm³/mol. The summed E-state index contributed by atoms with van der Waals surface area (Å²) < 4.78 is 45.1. The summed E-state index contributed by atoms with van der Waals surface area (Å²) in [5.41, 5.74) is 1.45. The van der Waals surface area contributed by atoms with E-state index in [1.54, 1.807) is 20.8 Å². The van der Waals surface area contributed by atoms with Crippen LogP contribution >= 0.6 is 0 Å². The maximum atomic E-state index is 14.6. The molecule has 0 amide bonds. The van der Waals surface area contributed by atoms with E-state index >= 15 is 0 Å². The van der Waals surface area contributed by atoms with Gasteiger partial charge in [0, 0.05) is 6.10 Å². The van der Waals surface area contributed by atoms with Gasteiger partial charge in [-0.1, -0.05) is 52.7 Å². The summed E-state index contributed by atoms with van der Waals surface area (Å²) in [6.07, 6.45) is 8.85. The van der Waals surface area contributed by atoms with Crippen molar-refractivity contribution in [1.82, 2.24) is 0 Å². The van der Waals surface area contributed by atoms with Crippen molar-refractivity contribution in [2.75, 3.05) is 0 Å². The van der Waals surface area contributed by atoms with Crippen LogP contribution in [0, 0.1) is 17.3 Å². The van der Waals surface area contributed by atoms with Crippen molar-refractivity contribution in [2.24, 2.45) is 17.3 Å². The second kappa shape index (κ2) is 9.80. The smallest absolute Gasteiger partial charge is 0.211 e. The van der Waals surface area contributed by atoms with Crippen molar-refractivity contribution in [3.63, 3.8) is 0 Å². The highest BCUT2D eigenvalue weighted by atomic mass is 32.2. The van der Waals surface area contributed by atoms with E-state index < -0.39 is 28.1 Å². The molecule has 0 aromatic carbocycles. The highest BCUT2D eigenvalue weighted by Crippen LogP contribution is 2.56. The van der Waals surface area contributed by atoms with Crippen molar-refractivity contribution in [3.05, 3.63) is 22.9 Å². The highest BCUT2D eigenvalue weighted by Gasteiger charge is 2.50. The first kappa shape index (κ1) is 26.8. The zero-order valence-corrected chi connectivity index (χ0v) is 22.9. The predicted octanol–water partition coefficient (Wildman–Crippen LogP) is 7.56. The third-order valence-corrected chi connectivity index (χ3v) is 15.2. The van der Waals surface area contributed by atoms with E-state index in [0.29, 0.717) is 18.4 Å². The third-order valence-electron chi connectivity index (χ3n) is 8.26. The van der Waals surface area contributed by atoms with E-state index in [-0.39, 0.29) is 11.3 Å². The molecule has 0 aromatic heterocycles. The van der Waals surface area contributed by atoms with Crippen molar-refractivity contribution in [3.8, 4) is 0 Å². The molecule has 1 saturated carbocycles. The Morgan fingerprint density at radius 2 is 1.87 bits per heavy atom. The van der Waals surface area contributed by atoms with Gasteiger partial charge in [-0.2, -0.15) is 4.39 Å². The molecular weight excluding hydrogens is 427 g/mol. The maximum Gasteiger partial charge on any atom is 0.211 e. The molecule has 6 heteroatoms. The fraction of sp³-hybridized carbons (Fsp3) is 0.840. The van der Waals surface area contributed by atoms with E-state index in [9.17, 15) is 12.8 Å². The lowest BCUT2D eigenvalue weighted by molar-refractivity contribution is 0.0177. The number of fused-ring (bicyclic) bond motifs is 1. The zero-order chi connectivity index (χ0) is 23.7. The Hall–Kier alpha value is -0.463. The number of allylic oxidation sites excluding steroid dienone is 3. The van der Waals surface area contributed by atoms with Crippen LogP contribution in [-0.4, -0.2) is 27.6 Å². The van der Waals surface area contributed by atoms with Gasteiger partial charge in [0.15, 0.2) is 8.32 Å². The summed E-state index contributed by atoms with van der Waals surface area (Å²) >= 11 is 0. The van der Waals surface area contributed by atoms with Gasteiger partial charge in [0.1, 0.15) is 0 Å². The lowest BCUT2D eigenvalue weighted by atomic mass is 9.63. The Labute approximate surface area is 192 Å². The molecule has 0 N–H and O–H groups in total. The number of halogens is 1. The van der Waals surface area contributed by atoms with Crippen molar-refractivity contribution in [2.45, 2.75) is 116 Å². The van der Waals surface area contributed by atoms with Crippen LogP contribution in [0.3, 0.4) is 0 Å². The Bertz CT molecular complexity index is 784. The summed E-state index contributed by atoms with van der Waals surface area (Å²) in [4.78, 5) is 0. The minimum atomic E-state index is -3.91. The van der Waals surface area contributed by atoms with Gasteiger partial charge in [0.05, 0.1) is 4.75 Å². The molecule has 0 unspecified atom stereocenters. The van der Waals surface area contributed by atoms with Gasteiger partial charge in [0.2, 0.25) is 15.0 Å². The molecule has 0 spiro atoms. The van der Waals surface area contributed by atoms with Crippen LogP contribution in [-0.2, 0) is 14.3 Å². The van der Waals surface area contributed by atoms with Gasteiger partial charge in [-0.05, 0) is 87.9 Å². The van der Waals surface area contributed by atoms with Crippen LogP contribution in [0.1, 0.15) is 87.5 Å². The Morgan fingerprint density at radius 1 is 1.29 bits per heavy atom. The fourth-order valence-electron chi connectivity index (χ4n) is 5.75. The first-order valence-corrected chi connectivity index (χ1v) is 16.3. The molecule has 0 heterocycles.